The Kier molecular flexibility index (Phi) is 7.96. The zero-order valence-corrected chi connectivity index (χ0v) is 7.84. The Morgan fingerprint density at radius 2 is 1.64 bits per heavy atom. The maximum Gasteiger partial charge on any atom is 0.0558 e. The summed E-state index contributed by atoms with van der Waals surface area (Å²) in [7, 11) is 0. The number of rotatable bonds is 2. The molecule has 1 saturated heterocycles. The van der Waals surface area contributed by atoms with Crippen molar-refractivity contribution in [3.05, 3.63) is 0 Å². The van der Waals surface area contributed by atoms with Crippen molar-refractivity contribution in [3.8, 4) is 0 Å². The van der Waals surface area contributed by atoms with Gasteiger partial charge in [0, 0.05) is 6.54 Å². The molecule has 68 valence electrons. The van der Waals surface area contributed by atoms with Gasteiger partial charge in [-0.1, -0.05) is 20.3 Å². The third-order valence-corrected chi connectivity index (χ3v) is 1.61. The van der Waals surface area contributed by atoms with Crippen molar-refractivity contribution in [2.45, 2.75) is 33.1 Å². The largest absolute Gasteiger partial charge is 0.395 e. The molecule has 1 rings (SSSR count). The first kappa shape index (κ1) is 10.9. The molecule has 0 atom stereocenters. The number of aliphatic hydroxyl groups is 1. The summed E-state index contributed by atoms with van der Waals surface area (Å²) in [5, 5.41) is 8.48. The van der Waals surface area contributed by atoms with Crippen LogP contribution in [0.25, 0.3) is 0 Å². The average molecular weight is 159 g/mol. The fraction of sp³-hybridized carbons (Fsp3) is 1.00. The van der Waals surface area contributed by atoms with E-state index in [4.69, 9.17) is 5.11 Å². The Bertz CT molecular complexity index is 70.0. The van der Waals surface area contributed by atoms with Crippen molar-refractivity contribution in [1.29, 1.82) is 0 Å². The van der Waals surface area contributed by atoms with Crippen molar-refractivity contribution in [2.24, 2.45) is 0 Å². The highest BCUT2D eigenvalue weighted by atomic mass is 16.3. The van der Waals surface area contributed by atoms with E-state index in [1.165, 1.54) is 32.4 Å². The molecule has 0 saturated carbocycles. The second-order valence-corrected chi connectivity index (χ2v) is 2.98. The van der Waals surface area contributed by atoms with Gasteiger partial charge in [0.25, 0.3) is 0 Å². The van der Waals surface area contributed by atoms with Gasteiger partial charge in [0.15, 0.2) is 0 Å². The molecule has 0 unspecified atom stereocenters. The van der Waals surface area contributed by atoms with Gasteiger partial charge in [0.05, 0.1) is 6.61 Å². The van der Waals surface area contributed by atoms with E-state index in [9.17, 15) is 0 Å². The third kappa shape index (κ3) is 6.32. The molecular weight excluding hydrogens is 138 g/mol. The van der Waals surface area contributed by atoms with Crippen LogP contribution < -0.4 is 0 Å². The number of hydrogen-bond donors (Lipinski definition) is 1. The first-order valence-electron chi connectivity index (χ1n) is 4.68. The van der Waals surface area contributed by atoms with Crippen LogP contribution in [0.15, 0.2) is 0 Å². The normalized spacial score (nSPS) is 17.7. The summed E-state index contributed by atoms with van der Waals surface area (Å²) in [5.74, 6) is 0. The highest BCUT2D eigenvalue weighted by Gasteiger charge is 2.08. The first-order chi connectivity index (χ1) is 5.35. The summed E-state index contributed by atoms with van der Waals surface area (Å²) in [6, 6.07) is 0. The van der Waals surface area contributed by atoms with Crippen LogP contribution in [0, 0.1) is 0 Å². The molecule has 11 heavy (non-hydrogen) atoms. The van der Waals surface area contributed by atoms with Crippen LogP contribution in [-0.4, -0.2) is 36.2 Å². The average Bonchev–Trinajstić information content (AvgIpc) is 2.42. The van der Waals surface area contributed by atoms with Crippen molar-refractivity contribution in [3.63, 3.8) is 0 Å². The van der Waals surface area contributed by atoms with Crippen LogP contribution in [0.4, 0.5) is 0 Å². The van der Waals surface area contributed by atoms with E-state index in [-0.39, 0.29) is 0 Å². The predicted molar refractivity (Wildman–Crippen MR) is 48.7 cm³/mol. The van der Waals surface area contributed by atoms with E-state index in [2.05, 4.69) is 18.7 Å². The Hall–Kier alpha value is -0.0800. The number of aliphatic hydroxyl groups excluding tert-OH is 1. The van der Waals surface area contributed by atoms with Crippen LogP contribution >= 0.6 is 0 Å². The molecule has 0 radical (unpaired) electrons. The van der Waals surface area contributed by atoms with E-state index in [1.54, 1.807) is 0 Å². The van der Waals surface area contributed by atoms with Gasteiger partial charge in [-0.25, -0.2) is 0 Å². The molecule has 0 aliphatic carbocycles. The maximum absolute atomic E-state index is 8.48. The summed E-state index contributed by atoms with van der Waals surface area (Å²) >= 11 is 0. The number of β-amino-alcohol motifs (C(OH)–C–C–N with tert-alkyl or cyclic N) is 1. The highest BCUT2D eigenvalue weighted by Crippen LogP contribution is 2.04. The summed E-state index contributed by atoms with van der Waals surface area (Å²) in [6.45, 7) is 7.83. The van der Waals surface area contributed by atoms with Crippen LogP contribution in [0.3, 0.4) is 0 Å². The van der Waals surface area contributed by atoms with Gasteiger partial charge in [0.2, 0.25) is 0 Å². The summed E-state index contributed by atoms with van der Waals surface area (Å²) < 4.78 is 0. The van der Waals surface area contributed by atoms with Gasteiger partial charge in [-0.3, -0.25) is 0 Å². The summed E-state index contributed by atoms with van der Waals surface area (Å²) in [6.07, 6.45) is 3.89. The number of hydrogen-bond acceptors (Lipinski definition) is 2. The maximum atomic E-state index is 8.48. The zero-order chi connectivity index (χ0) is 8.53. The van der Waals surface area contributed by atoms with E-state index >= 15 is 0 Å². The van der Waals surface area contributed by atoms with Crippen LogP contribution in [0.5, 0.6) is 0 Å². The number of likely N-dealkylation sites (tertiary alicyclic amines) is 1. The van der Waals surface area contributed by atoms with Crippen molar-refractivity contribution < 1.29 is 5.11 Å². The van der Waals surface area contributed by atoms with Crippen molar-refractivity contribution >= 4 is 0 Å². The minimum atomic E-state index is 0.319. The lowest BCUT2D eigenvalue weighted by Crippen LogP contribution is -2.22. The number of nitrogens with zero attached hydrogens (tertiary/aromatic N) is 1. The van der Waals surface area contributed by atoms with E-state index in [0.717, 1.165) is 6.54 Å². The molecular formula is C9H21NO. The smallest absolute Gasteiger partial charge is 0.0558 e. The third-order valence-electron chi connectivity index (χ3n) is 1.61. The zero-order valence-electron chi connectivity index (χ0n) is 7.84. The van der Waals surface area contributed by atoms with Gasteiger partial charge in [-0.2, -0.15) is 0 Å². The summed E-state index contributed by atoms with van der Waals surface area (Å²) in [4.78, 5) is 2.29. The molecule has 1 N–H and O–H groups in total. The van der Waals surface area contributed by atoms with Gasteiger partial charge in [-0.05, 0) is 25.9 Å². The van der Waals surface area contributed by atoms with Crippen LogP contribution in [0.1, 0.15) is 33.1 Å². The molecule has 1 heterocycles. The molecule has 2 nitrogen and oxygen atoms in total. The van der Waals surface area contributed by atoms with Gasteiger partial charge < -0.3 is 10.0 Å². The van der Waals surface area contributed by atoms with Crippen LogP contribution in [0.2, 0.25) is 0 Å². The van der Waals surface area contributed by atoms with Gasteiger partial charge >= 0.3 is 0 Å². The molecule has 0 bridgehead atoms. The molecule has 1 fully saturated rings. The minimum Gasteiger partial charge on any atom is -0.395 e. The first-order valence-corrected chi connectivity index (χ1v) is 4.68. The SMILES string of the molecule is CCC.OCCN1CCCC1. The topological polar surface area (TPSA) is 23.5 Å². The second-order valence-electron chi connectivity index (χ2n) is 2.98. The lowest BCUT2D eigenvalue weighted by atomic mass is 10.4. The van der Waals surface area contributed by atoms with Crippen molar-refractivity contribution in [2.75, 3.05) is 26.2 Å². The van der Waals surface area contributed by atoms with E-state index in [0.29, 0.717) is 6.61 Å². The lowest BCUT2D eigenvalue weighted by Gasteiger charge is -2.10. The molecule has 2 heteroatoms. The fourth-order valence-electron chi connectivity index (χ4n) is 1.15. The quantitative estimate of drug-likeness (QED) is 0.660. The molecule has 0 aromatic heterocycles. The molecule has 0 amide bonds. The Morgan fingerprint density at radius 1 is 1.18 bits per heavy atom. The Morgan fingerprint density at radius 3 is 2.00 bits per heavy atom. The standard InChI is InChI=1S/C6H13NO.C3H8/c8-6-5-7-3-1-2-4-7;1-3-2/h8H,1-6H2;3H2,1-2H3. The molecule has 1 aliphatic rings. The molecule has 0 aromatic rings. The van der Waals surface area contributed by atoms with Crippen molar-refractivity contribution in [1.82, 2.24) is 4.90 Å². The fourth-order valence-corrected chi connectivity index (χ4v) is 1.15. The lowest BCUT2D eigenvalue weighted by molar-refractivity contribution is 0.221. The molecule has 0 aromatic carbocycles. The predicted octanol–water partition coefficient (Wildman–Crippen LogP) is 1.49. The monoisotopic (exact) mass is 159 g/mol. The van der Waals surface area contributed by atoms with Crippen LogP contribution in [-0.2, 0) is 0 Å². The Labute approximate surface area is 70.2 Å². The van der Waals surface area contributed by atoms with E-state index < -0.39 is 0 Å². The molecule has 1 aliphatic heterocycles. The highest BCUT2D eigenvalue weighted by molar-refractivity contribution is 4.64. The molecule has 0 spiro atoms. The van der Waals surface area contributed by atoms with Gasteiger partial charge in [0.1, 0.15) is 0 Å². The summed E-state index contributed by atoms with van der Waals surface area (Å²) in [5.41, 5.74) is 0. The Balaban J connectivity index is 0.000000292. The second kappa shape index (κ2) is 8.02. The van der Waals surface area contributed by atoms with Gasteiger partial charge in [-0.15, -0.1) is 0 Å². The van der Waals surface area contributed by atoms with E-state index in [1.807, 2.05) is 0 Å². The minimum absolute atomic E-state index is 0.319.